The minimum atomic E-state index is -3.97. The van der Waals surface area contributed by atoms with Crippen LogP contribution < -0.4 is 0 Å². The fraction of sp³-hybridized carbons (Fsp3) is 0.727. The summed E-state index contributed by atoms with van der Waals surface area (Å²) in [5.41, 5.74) is 0.225. The zero-order valence-electron chi connectivity index (χ0n) is 10.9. The van der Waals surface area contributed by atoms with Crippen LogP contribution in [0.25, 0.3) is 0 Å². The van der Waals surface area contributed by atoms with Gasteiger partial charge in [0.2, 0.25) is 0 Å². The third-order valence-electron chi connectivity index (χ3n) is 2.15. The molecule has 0 fully saturated rings. The molecule has 0 aromatic carbocycles. The monoisotopic (exact) mass is 279 g/mol. The maximum absolute atomic E-state index is 11.4. The van der Waals surface area contributed by atoms with E-state index in [0.717, 1.165) is 13.0 Å². The average molecular weight is 279 g/mol. The number of hydrogen-bond donors (Lipinski definition) is 1. The maximum atomic E-state index is 11.4. The summed E-state index contributed by atoms with van der Waals surface area (Å²) >= 11 is 0. The molecule has 6 nitrogen and oxygen atoms in total. The molecule has 18 heavy (non-hydrogen) atoms. The quantitative estimate of drug-likeness (QED) is 0.289. The van der Waals surface area contributed by atoms with Crippen LogP contribution in [-0.2, 0) is 19.6 Å². The van der Waals surface area contributed by atoms with E-state index in [9.17, 15) is 13.2 Å². The van der Waals surface area contributed by atoms with Crippen molar-refractivity contribution >= 4 is 16.1 Å². The van der Waals surface area contributed by atoms with Crippen molar-refractivity contribution in [2.75, 3.05) is 33.0 Å². The maximum Gasteiger partial charge on any atom is 0.333 e. The fourth-order valence-corrected chi connectivity index (χ4v) is 1.73. The second-order valence-electron chi connectivity index (χ2n) is 4.29. The van der Waals surface area contributed by atoms with Crippen LogP contribution in [0.3, 0.4) is 0 Å². The van der Waals surface area contributed by atoms with Gasteiger partial charge in [-0.15, -0.1) is 0 Å². The van der Waals surface area contributed by atoms with Crippen molar-refractivity contribution in [3.8, 4) is 0 Å². The van der Waals surface area contributed by atoms with E-state index in [-0.39, 0.29) is 24.2 Å². The Morgan fingerprint density at radius 3 is 2.44 bits per heavy atom. The first-order chi connectivity index (χ1) is 8.22. The van der Waals surface area contributed by atoms with Gasteiger partial charge in [0.15, 0.2) is 0 Å². The average Bonchev–Trinajstić information content (AvgIpc) is 2.21. The van der Waals surface area contributed by atoms with E-state index in [1.165, 1.54) is 0 Å². The number of nitrogens with zero attached hydrogens (tertiary/aromatic N) is 1. The van der Waals surface area contributed by atoms with Crippen molar-refractivity contribution in [1.29, 1.82) is 0 Å². The molecule has 0 rings (SSSR count). The van der Waals surface area contributed by atoms with Gasteiger partial charge in [0.05, 0.1) is 12.4 Å². The lowest BCUT2D eigenvalue weighted by molar-refractivity contribution is -0.139. The van der Waals surface area contributed by atoms with Crippen molar-refractivity contribution in [2.45, 2.75) is 19.3 Å². The summed E-state index contributed by atoms with van der Waals surface area (Å²) in [7, 11) is -0.121. The summed E-state index contributed by atoms with van der Waals surface area (Å²) in [6.45, 7) is 4.66. The minimum Gasteiger partial charge on any atom is -0.462 e. The molecule has 0 aromatic rings. The molecule has 0 aliphatic heterocycles. The molecule has 0 aliphatic carbocycles. The van der Waals surface area contributed by atoms with E-state index < -0.39 is 16.1 Å². The largest absolute Gasteiger partial charge is 0.462 e. The van der Waals surface area contributed by atoms with Crippen molar-refractivity contribution in [3.63, 3.8) is 0 Å². The van der Waals surface area contributed by atoms with Gasteiger partial charge in [-0.25, -0.2) is 4.79 Å². The molecule has 106 valence electrons. The Hall–Kier alpha value is -0.920. The molecule has 0 spiro atoms. The van der Waals surface area contributed by atoms with Crippen molar-refractivity contribution in [3.05, 3.63) is 12.2 Å². The molecule has 0 bridgehead atoms. The van der Waals surface area contributed by atoms with Crippen LogP contribution in [0.4, 0.5) is 0 Å². The van der Waals surface area contributed by atoms with E-state index in [0.29, 0.717) is 6.61 Å². The second-order valence-corrected chi connectivity index (χ2v) is 5.86. The van der Waals surface area contributed by atoms with Gasteiger partial charge in [-0.2, -0.15) is 8.42 Å². The smallest absolute Gasteiger partial charge is 0.333 e. The van der Waals surface area contributed by atoms with Gasteiger partial charge in [-0.1, -0.05) is 6.58 Å². The van der Waals surface area contributed by atoms with Crippen LogP contribution in [-0.4, -0.2) is 56.8 Å². The van der Waals surface area contributed by atoms with Crippen LogP contribution >= 0.6 is 0 Å². The second kappa shape index (κ2) is 8.23. The number of carbonyl (C=O) groups is 1. The Morgan fingerprint density at radius 1 is 1.33 bits per heavy atom. The van der Waals surface area contributed by atoms with Gasteiger partial charge in [0, 0.05) is 12.1 Å². The Balaban J connectivity index is 3.74. The third kappa shape index (κ3) is 10.2. The highest BCUT2D eigenvalue weighted by Crippen LogP contribution is 2.06. The molecule has 0 saturated carbocycles. The first-order valence-electron chi connectivity index (χ1n) is 5.67. The summed E-state index contributed by atoms with van der Waals surface area (Å²) in [5.74, 6) is -0.885. The molecule has 0 unspecified atom stereocenters. The number of rotatable bonds is 9. The predicted octanol–water partition coefficient (Wildman–Crippen LogP) is 0.706. The van der Waals surface area contributed by atoms with E-state index in [1.807, 2.05) is 19.0 Å². The Kier molecular flexibility index (Phi) is 7.81. The summed E-state index contributed by atoms with van der Waals surface area (Å²) in [5, 5.41) is 0. The molecule has 1 N–H and O–H groups in total. The molecule has 0 amide bonds. The number of carbonyl (C=O) groups excluding carboxylic acids is 1. The molecular formula is C11H21NO5S. The standard InChI is InChI=1S/C11H21NO5S/c1-10(6-4-9-18(14,15)16)11(13)17-8-5-7-12(2)3/h1,4-9H2,2-3H3,(H,14,15,16). The van der Waals surface area contributed by atoms with Gasteiger partial charge in [0.1, 0.15) is 0 Å². The molecule has 0 saturated heterocycles. The lowest BCUT2D eigenvalue weighted by Gasteiger charge is -2.10. The summed E-state index contributed by atoms with van der Waals surface area (Å²) in [4.78, 5) is 13.4. The molecule has 0 heterocycles. The number of hydrogen-bond acceptors (Lipinski definition) is 5. The Bertz CT molecular complexity index is 375. The lowest BCUT2D eigenvalue weighted by atomic mass is 10.2. The van der Waals surface area contributed by atoms with Crippen molar-refractivity contribution in [1.82, 2.24) is 4.90 Å². The lowest BCUT2D eigenvalue weighted by Crippen LogP contribution is -2.16. The van der Waals surface area contributed by atoms with Gasteiger partial charge in [0.25, 0.3) is 10.1 Å². The normalized spacial score (nSPS) is 11.6. The third-order valence-corrected chi connectivity index (χ3v) is 2.96. The van der Waals surface area contributed by atoms with Crippen LogP contribution in [0.5, 0.6) is 0 Å². The Morgan fingerprint density at radius 2 is 1.94 bits per heavy atom. The van der Waals surface area contributed by atoms with Gasteiger partial charge in [-0.05, 0) is 33.4 Å². The van der Waals surface area contributed by atoms with Crippen LogP contribution in [0.2, 0.25) is 0 Å². The first-order valence-corrected chi connectivity index (χ1v) is 7.28. The van der Waals surface area contributed by atoms with Crippen molar-refractivity contribution in [2.24, 2.45) is 0 Å². The highest BCUT2D eigenvalue weighted by atomic mass is 32.2. The highest BCUT2D eigenvalue weighted by molar-refractivity contribution is 7.85. The number of ether oxygens (including phenoxy) is 1. The first kappa shape index (κ1) is 17.1. The van der Waals surface area contributed by atoms with Crippen molar-refractivity contribution < 1.29 is 22.5 Å². The highest BCUT2D eigenvalue weighted by Gasteiger charge is 2.10. The number of esters is 1. The van der Waals surface area contributed by atoms with Crippen LogP contribution in [0, 0.1) is 0 Å². The summed E-state index contributed by atoms with van der Waals surface area (Å²) in [6.07, 6.45) is 1.09. The van der Waals surface area contributed by atoms with Crippen LogP contribution in [0.15, 0.2) is 12.2 Å². The molecule has 7 heteroatoms. The van der Waals surface area contributed by atoms with E-state index in [2.05, 4.69) is 6.58 Å². The van der Waals surface area contributed by atoms with E-state index in [1.54, 1.807) is 0 Å². The topological polar surface area (TPSA) is 83.9 Å². The zero-order chi connectivity index (χ0) is 14.2. The summed E-state index contributed by atoms with van der Waals surface area (Å²) in [6, 6.07) is 0. The van der Waals surface area contributed by atoms with Crippen LogP contribution in [0.1, 0.15) is 19.3 Å². The van der Waals surface area contributed by atoms with Gasteiger partial charge in [-0.3, -0.25) is 4.55 Å². The van der Waals surface area contributed by atoms with Gasteiger partial charge < -0.3 is 9.64 Å². The SMILES string of the molecule is C=C(CCCS(=O)(=O)O)C(=O)OCCCN(C)C. The summed E-state index contributed by atoms with van der Waals surface area (Å²) < 4.78 is 34.4. The molecule has 0 aliphatic rings. The van der Waals surface area contributed by atoms with Gasteiger partial charge >= 0.3 is 5.97 Å². The predicted molar refractivity (Wildman–Crippen MR) is 68.9 cm³/mol. The minimum absolute atomic E-state index is 0.157. The van der Waals surface area contributed by atoms with E-state index >= 15 is 0 Å². The molecule has 0 atom stereocenters. The molecule has 0 radical (unpaired) electrons. The molecular weight excluding hydrogens is 258 g/mol. The Labute approximate surface area is 108 Å². The fourth-order valence-electron chi connectivity index (χ4n) is 1.22. The zero-order valence-corrected chi connectivity index (χ0v) is 11.7. The molecule has 0 aromatic heterocycles. The van der Waals surface area contributed by atoms with E-state index in [4.69, 9.17) is 9.29 Å².